The van der Waals surface area contributed by atoms with Gasteiger partial charge in [-0.2, -0.15) is 0 Å². The average Bonchev–Trinajstić information content (AvgIpc) is 3.00. The number of likely N-dealkylation sites (N-methyl/N-ethyl adjacent to an activating group) is 1. The number of carboxylic acid groups (broad SMARTS) is 1. The van der Waals surface area contributed by atoms with Gasteiger partial charge in [0.1, 0.15) is 0 Å². The molecule has 2 aromatic rings. The highest BCUT2D eigenvalue weighted by Gasteiger charge is 2.15. The van der Waals surface area contributed by atoms with Gasteiger partial charge in [-0.25, -0.2) is 9.78 Å². The number of hydrogen-bond donors (Lipinski definition) is 2. The fraction of sp³-hybridized carbons (Fsp3) is 0.333. The van der Waals surface area contributed by atoms with Gasteiger partial charge in [0.25, 0.3) is 0 Å². The molecule has 0 atom stereocenters. The predicted octanol–water partition coefficient (Wildman–Crippen LogP) is 2.32. The number of pyridine rings is 1. The van der Waals surface area contributed by atoms with Crippen LogP contribution in [0.15, 0.2) is 29.6 Å². The molecule has 112 valence electrons. The fourth-order valence-electron chi connectivity index (χ4n) is 2.08. The minimum absolute atomic E-state index is 0.0425. The van der Waals surface area contributed by atoms with Gasteiger partial charge in [0.2, 0.25) is 0 Å². The molecule has 2 heterocycles. The number of rotatable bonds is 7. The predicted molar refractivity (Wildman–Crippen MR) is 82.5 cm³/mol. The van der Waals surface area contributed by atoms with Gasteiger partial charge in [-0.15, -0.1) is 11.3 Å². The quantitative estimate of drug-likeness (QED) is 0.821. The normalized spacial score (nSPS) is 11.0. The molecule has 5 nitrogen and oxygen atoms in total. The van der Waals surface area contributed by atoms with Gasteiger partial charge in [-0.05, 0) is 30.1 Å². The first-order chi connectivity index (χ1) is 10.2. The van der Waals surface area contributed by atoms with Crippen LogP contribution < -0.4 is 0 Å². The molecular weight excluding hydrogens is 288 g/mol. The van der Waals surface area contributed by atoms with E-state index in [4.69, 9.17) is 5.11 Å². The van der Waals surface area contributed by atoms with E-state index in [1.165, 1.54) is 0 Å². The summed E-state index contributed by atoms with van der Waals surface area (Å²) in [5.74, 6) is -0.977. The van der Waals surface area contributed by atoms with Crippen LogP contribution in [0.3, 0.4) is 0 Å². The Kier molecular flexibility index (Phi) is 5.44. The first-order valence-corrected chi connectivity index (χ1v) is 7.64. The Morgan fingerprint density at radius 1 is 1.38 bits per heavy atom. The zero-order valence-corrected chi connectivity index (χ0v) is 12.6. The lowest BCUT2D eigenvalue weighted by atomic mass is 10.1. The van der Waals surface area contributed by atoms with Crippen molar-refractivity contribution in [1.29, 1.82) is 0 Å². The van der Waals surface area contributed by atoms with Crippen molar-refractivity contribution in [2.75, 3.05) is 19.7 Å². The monoisotopic (exact) mass is 306 g/mol. The molecule has 0 aliphatic carbocycles. The molecule has 0 aliphatic rings. The Morgan fingerprint density at radius 3 is 2.76 bits per heavy atom. The van der Waals surface area contributed by atoms with Gasteiger partial charge in [0, 0.05) is 13.1 Å². The highest BCUT2D eigenvalue weighted by Crippen LogP contribution is 2.24. The molecule has 0 saturated carbocycles. The number of carboxylic acids is 1. The Balaban J connectivity index is 2.35. The lowest BCUT2D eigenvalue weighted by Crippen LogP contribution is -2.27. The Morgan fingerprint density at radius 2 is 2.19 bits per heavy atom. The van der Waals surface area contributed by atoms with Crippen molar-refractivity contribution in [2.24, 2.45) is 0 Å². The summed E-state index contributed by atoms with van der Waals surface area (Å²) >= 11 is 1.57. The number of thiophene rings is 1. The standard InChI is InChI=1S/C15H18N2O3S/c1-2-17(7-8-18)10-13-11(15(19)20)5-6-12(16-13)14-4-3-9-21-14/h3-6,9,18H,2,7-8,10H2,1H3,(H,19,20). The number of aromatic nitrogens is 1. The molecule has 0 spiro atoms. The molecule has 2 aromatic heterocycles. The summed E-state index contributed by atoms with van der Waals surface area (Å²) in [6.07, 6.45) is 0. The average molecular weight is 306 g/mol. The van der Waals surface area contributed by atoms with Crippen LogP contribution in [0, 0.1) is 0 Å². The van der Waals surface area contributed by atoms with Crippen LogP contribution in [0.2, 0.25) is 0 Å². The van der Waals surface area contributed by atoms with Gasteiger partial charge < -0.3 is 10.2 Å². The van der Waals surface area contributed by atoms with E-state index in [1.54, 1.807) is 23.5 Å². The van der Waals surface area contributed by atoms with Gasteiger partial charge in [0.05, 0.1) is 28.4 Å². The molecule has 6 heteroatoms. The molecule has 21 heavy (non-hydrogen) atoms. The molecule has 0 unspecified atom stereocenters. The van der Waals surface area contributed by atoms with Crippen molar-refractivity contribution in [3.05, 3.63) is 40.9 Å². The van der Waals surface area contributed by atoms with Crippen LogP contribution in [0.1, 0.15) is 23.0 Å². The number of aliphatic hydroxyl groups excluding tert-OH is 1. The molecule has 0 aliphatic heterocycles. The molecule has 0 radical (unpaired) electrons. The molecular formula is C15H18N2O3S. The molecule has 0 fully saturated rings. The Labute approximate surface area is 127 Å². The first kappa shape index (κ1) is 15.6. The molecule has 0 aromatic carbocycles. The number of nitrogens with zero attached hydrogens (tertiary/aromatic N) is 2. The minimum atomic E-state index is -0.977. The summed E-state index contributed by atoms with van der Waals surface area (Å²) in [6, 6.07) is 7.24. The largest absolute Gasteiger partial charge is 0.478 e. The maximum Gasteiger partial charge on any atom is 0.337 e. The molecule has 2 N–H and O–H groups in total. The summed E-state index contributed by atoms with van der Waals surface area (Å²) in [5.41, 5.74) is 1.53. The second kappa shape index (κ2) is 7.31. The Bertz CT molecular complexity index is 599. The van der Waals surface area contributed by atoms with Crippen LogP contribution in [0.25, 0.3) is 10.6 Å². The highest BCUT2D eigenvalue weighted by molar-refractivity contribution is 7.13. The van der Waals surface area contributed by atoms with Crippen molar-refractivity contribution in [3.8, 4) is 10.6 Å². The second-order valence-corrected chi connectivity index (χ2v) is 5.51. The van der Waals surface area contributed by atoms with E-state index in [9.17, 15) is 9.90 Å². The van der Waals surface area contributed by atoms with Crippen LogP contribution in [-0.2, 0) is 6.54 Å². The summed E-state index contributed by atoms with van der Waals surface area (Å²) in [7, 11) is 0. The lowest BCUT2D eigenvalue weighted by Gasteiger charge is -2.19. The molecule has 0 bridgehead atoms. The molecule has 0 saturated heterocycles. The lowest BCUT2D eigenvalue weighted by molar-refractivity contribution is 0.0693. The number of hydrogen-bond acceptors (Lipinski definition) is 5. The fourth-order valence-corrected chi connectivity index (χ4v) is 2.78. The van der Waals surface area contributed by atoms with Gasteiger partial charge in [-0.3, -0.25) is 4.90 Å². The van der Waals surface area contributed by atoms with E-state index in [0.717, 1.165) is 17.1 Å². The maximum absolute atomic E-state index is 11.3. The van der Waals surface area contributed by atoms with Crippen molar-refractivity contribution in [2.45, 2.75) is 13.5 Å². The summed E-state index contributed by atoms with van der Waals surface area (Å²) < 4.78 is 0. The van der Waals surface area contributed by atoms with E-state index < -0.39 is 5.97 Å². The zero-order valence-electron chi connectivity index (χ0n) is 11.8. The maximum atomic E-state index is 11.3. The van der Waals surface area contributed by atoms with Crippen LogP contribution in [0.5, 0.6) is 0 Å². The van der Waals surface area contributed by atoms with Crippen molar-refractivity contribution < 1.29 is 15.0 Å². The molecule has 2 rings (SSSR count). The third kappa shape index (κ3) is 3.87. The van der Waals surface area contributed by atoms with Gasteiger partial charge in [0.15, 0.2) is 0 Å². The van der Waals surface area contributed by atoms with Crippen molar-refractivity contribution in [3.63, 3.8) is 0 Å². The number of carbonyl (C=O) groups is 1. The first-order valence-electron chi connectivity index (χ1n) is 6.76. The summed E-state index contributed by atoms with van der Waals surface area (Å²) in [5, 5.41) is 20.3. The SMILES string of the molecule is CCN(CCO)Cc1nc(-c2cccs2)ccc1C(=O)O. The zero-order chi connectivity index (χ0) is 15.2. The van der Waals surface area contributed by atoms with E-state index in [2.05, 4.69) is 4.98 Å². The van der Waals surface area contributed by atoms with E-state index in [1.807, 2.05) is 29.3 Å². The third-order valence-electron chi connectivity index (χ3n) is 3.22. The van der Waals surface area contributed by atoms with E-state index in [-0.39, 0.29) is 12.2 Å². The van der Waals surface area contributed by atoms with Crippen molar-refractivity contribution >= 4 is 17.3 Å². The van der Waals surface area contributed by atoms with E-state index in [0.29, 0.717) is 18.8 Å². The summed E-state index contributed by atoms with van der Waals surface area (Å²) in [6.45, 7) is 3.66. The second-order valence-electron chi connectivity index (χ2n) is 4.57. The van der Waals surface area contributed by atoms with Crippen LogP contribution in [0.4, 0.5) is 0 Å². The topological polar surface area (TPSA) is 73.7 Å². The van der Waals surface area contributed by atoms with E-state index >= 15 is 0 Å². The van der Waals surface area contributed by atoms with Gasteiger partial charge in [-0.1, -0.05) is 13.0 Å². The summed E-state index contributed by atoms with van der Waals surface area (Å²) in [4.78, 5) is 18.8. The minimum Gasteiger partial charge on any atom is -0.478 e. The smallest absolute Gasteiger partial charge is 0.337 e. The van der Waals surface area contributed by atoms with Crippen LogP contribution in [-0.4, -0.2) is 45.8 Å². The Hall–Kier alpha value is -1.76. The van der Waals surface area contributed by atoms with Crippen LogP contribution >= 0.6 is 11.3 Å². The number of aromatic carboxylic acids is 1. The highest BCUT2D eigenvalue weighted by atomic mass is 32.1. The third-order valence-corrected chi connectivity index (χ3v) is 4.11. The number of aliphatic hydroxyl groups is 1. The molecule has 0 amide bonds. The van der Waals surface area contributed by atoms with Gasteiger partial charge >= 0.3 is 5.97 Å². The van der Waals surface area contributed by atoms with Crippen molar-refractivity contribution in [1.82, 2.24) is 9.88 Å².